The summed E-state index contributed by atoms with van der Waals surface area (Å²) in [7, 11) is 0. The molecule has 2 aromatic rings. The van der Waals surface area contributed by atoms with Crippen LogP contribution in [0.15, 0.2) is 34.7 Å². The quantitative estimate of drug-likeness (QED) is 0.923. The van der Waals surface area contributed by atoms with Crippen LogP contribution < -0.4 is 5.73 Å². The van der Waals surface area contributed by atoms with Crippen LogP contribution in [-0.2, 0) is 11.3 Å². The highest BCUT2D eigenvalue weighted by atomic mass is 16.4. The van der Waals surface area contributed by atoms with Crippen LogP contribution in [0.5, 0.6) is 0 Å². The first-order chi connectivity index (χ1) is 11.5. The molecule has 1 aromatic carbocycles. The summed E-state index contributed by atoms with van der Waals surface area (Å²) in [6.45, 7) is 7.51. The number of aryl methyl sites for hydroxylation is 2. The van der Waals surface area contributed by atoms with E-state index in [4.69, 9.17) is 10.2 Å². The summed E-state index contributed by atoms with van der Waals surface area (Å²) >= 11 is 0. The van der Waals surface area contributed by atoms with E-state index in [1.54, 1.807) is 0 Å². The van der Waals surface area contributed by atoms with Gasteiger partial charge in [-0.1, -0.05) is 30.3 Å². The molecule has 0 radical (unpaired) electrons. The molecule has 2 heterocycles. The number of nitrogens with two attached hydrogens (primary N) is 1. The molecule has 0 saturated carbocycles. The van der Waals surface area contributed by atoms with Gasteiger partial charge in [-0.3, -0.25) is 9.69 Å². The molecule has 1 saturated heterocycles. The van der Waals surface area contributed by atoms with Gasteiger partial charge < -0.3 is 15.1 Å². The highest BCUT2D eigenvalue weighted by Gasteiger charge is 2.26. The van der Waals surface area contributed by atoms with Crippen molar-refractivity contribution in [1.29, 1.82) is 0 Å². The second-order valence-electron chi connectivity index (χ2n) is 6.24. The third-order valence-electron chi connectivity index (χ3n) is 4.54. The van der Waals surface area contributed by atoms with E-state index < -0.39 is 6.04 Å². The lowest BCUT2D eigenvalue weighted by Crippen LogP contribution is -2.50. The smallest absolute Gasteiger partial charge is 0.244 e. The maximum absolute atomic E-state index is 12.6. The average Bonchev–Trinajstić information content (AvgIpc) is 2.92. The summed E-state index contributed by atoms with van der Waals surface area (Å²) in [5.74, 6) is 1.60. The molecular weight excluding hydrogens is 304 g/mol. The number of benzene rings is 1. The van der Waals surface area contributed by atoms with E-state index in [0.717, 1.165) is 36.0 Å². The first-order valence-electron chi connectivity index (χ1n) is 8.29. The Morgan fingerprint density at radius 3 is 2.46 bits per heavy atom. The van der Waals surface area contributed by atoms with Crippen LogP contribution in [0.3, 0.4) is 0 Å². The Morgan fingerprint density at radius 2 is 1.88 bits per heavy atom. The summed E-state index contributed by atoms with van der Waals surface area (Å²) in [6.07, 6.45) is 0. The molecule has 1 aliphatic heterocycles. The molecule has 24 heavy (non-hydrogen) atoms. The van der Waals surface area contributed by atoms with Crippen molar-refractivity contribution in [2.45, 2.75) is 26.4 Å². The van der Waals surface area contributed by atoms with E-state index in [2.05, 4.69) is 9.88 Å². The predicted molar refractivity (Wildman–Crippen MR) is 91.2 cm³/mol. The minimum Gasteiger partial charge on any atom is -0.444 e. The lowest BCUT2D eigenvalue weighted by Gasteiger charge is -2.35. The standard InChI is InChI=1S/C18H24N4O2/c1-13-14(2)24-16(20-13)12-21-8-10-22(11-9-21)18(23)17(19)15-6-4-3-5-7-15/h3-7,17H,8-12,19H2,1-2H3. The third-order valence-corrected chi connectivity index (χ3v) is 4.54. The largest absolute Gasteiger partial charge is 0.444 e. The van der Waals surface area contributed by atoms with Gasteiger partial charge in [0.15, 0.2) is 0 Å². The second kappa shape index (κ2) is 7.15. The minimum atomic E-state index is -0.588. The highest BCUT2D eigenvalue weighted by Crippen LogP contribution is 2.16. The minimum absolute atomic E-state index is 0.0105. The third kappa shape index (κ3) is 3.66. The van der Waals surface area contributed by atoms with Crippen molar-refractivity contribution in [2.75, 3.05) is 26.2 Å². The van der Waals surface area contributed by atoms with Crippen LogP contribution in [0.4, 0.5) is 0 Å². The molecule has 1 aliphatic rings. The Balaban J connectivity index is 1.54. The van der Waals surface area contributed by atoms with Gasteiger partial charge in [0.2, 0.25) is 11.8 Å². The van der Waals surface area contributed by atoms with Gasteiger partial charge in [0, 0.05) is 26.2 Å². The van der Waals surface area contributed by atoms with Crippen LogP contribution in [0, 0.1) is 13.8 Å². The molecule has 1 atom stereocenters. The molecule has 1 fully saturated rings. The normalized spacial score (nSPS) is 17.0. The highest BCUT2D eigenvalue weighted by molar-refractivity contribution is 5.83. The molecule has 1 aromatic heterocycles. The summed E-state index contributed by atoms with van der Waals surface area (Å²) in [6, 6.07) is 8.93. The summed E-state index contributed by atoms with van der Waals surface area (Å²) in [5, 5.41) is 0. The number of amides is 1. The van der Waals surface area contributed by atoms with Crippen molar-refractivity contribution < 1.29 is 9.21 Å². The van der Waals surface area contributed by atoms with Gasteiger partial charge in [-0.25, -0.2) is 4.98 Å². The van der Waals surface area contributed by atoms with Crippen molar-refractivity contribution in [3.05, 3.63) is 53.2 Å². The van der Waals surface area contributed by atoms with Gasteiger partial charge in [-0.05, 0) is 19.4 Å². The zero-order valence-electron chi connectivity index (χ0n) is 14.2. The summed E-state index contributed by atoms with van der Waals surface area (Å²) < 4.78 is 5.63. The molecule has 6 heteroatoms. The van der Waals surface area contributed by atoms with E-state index >= 15 is 0 Å². The number of nitrogens with zero attached hydrogens (tertiary/aromatic N) is 3. The van der Waals surface area contributed by atoms with Gasteiger partial charge in [-0.2, -0.15) is 0 Å². The van der Waals surface area contributed by atoms with Gasteiger partial charge >= 0.3 is 0 Å². The fourth-order valence-corrected chi connectivity index (χ4v) is 2.92. The Hall–Kier alpha value is -2.18. The van der Waals surface area contributed by atoms with Crippen LogP contribution in [-0.4, -0.2) is 46.9 Å². The number of aromatic nitrogens is 1. The van der Waals surface area contributed by atoms with E-state index in [1.807, 2.05) is 49.1 Å². The van der Waals surface area contributed by atoms with Crippen molar-refractivity contribution in [3.63, 3.8) is 0 Å². The maximum atomic E-state index is 12.6. The lowest BCUT2D eigenvalue weighted by atomic mass is 10.1. The summed E-state index contributed by atoms with van der Waals surface area (Å²) in [5.41, 5.74) is 7.91. The second-order valence-corrected chi connectivity index (χ2v) is 6.24. The van der Waals surface area contributed by atoms with Gasteiger partial charge in [-0.15, -0.1) is 0 Å². The molecule has 128 valence electrons. The van der Waals surface area contributed by atoms with Crippen molar-refractivity contribution in [2.24, 2.45) is 5.73 Å². The van der Waals surface area contributed by atoms with E-state index in [1.165, 1.54) is 0 Å². The van der Waals surface area contributed by atoms with Gasteiger partial charge in [0.1, 0.15) is 11.8 Å². The van der Waals surface area contributed by atoms with Crippen molar-refractivity contribution >= 4 is 5.91 Å². The van der Waals surface area contributed by atoms with Crippen LogP contribution in [0.1, 0.15) is 29.0 Å². The molecule has 2 N–H and O–H groups in total. The molecule has 0 aliphatic carbocycles. The van der Waals surface area contributed by atoms with Crippen molar-refractivity contribution in [1.82, 2.24) is 14.8 Å². The van der Waals surface area contributed by atoms with E-state index in [9.17, 15) is 4.79 Å². The van der Waals surface area contributed by atoms with E-state index in [-0.39, 0.29) is 5.91 Å². The predicted octanol–water partition coefficient (Wildman–Crippen LogP) is 1.64. The number of piperazine rings is 1. The fourth-order valence-electron chi connectivity index (χ4n) is 2.92. The van der Waals surface area contributed by atoms with Crippen LogP contribution in [0.25, 0.3) is 0 Å². The molecule has 0 spiro atoms. The lowest BCUT2D eigenvalue weighted by molar-refractivity contribution is -0.134. The molecular formula is C18H24N4O2. The maximum Gasteiger partial charge on any atom is 0.244 e. The van der Waals surface area contributed by atoms with Gasteiger partial charge in [0.05, 0.1) is 12.2 Å². The van der Waals surface area contributed by atoms with E-state index in [0.29, 0.717) is 19.6 Å². The SMILES string of the molecule is Cc1nc(CN2CCN(C(=O)C(N)c3ccccc3)CC2)oc1C. The number of oxazole rings is 1. The first kappa shape index (κ1) is 16.7. The van der Waals surface area contributed by atoms with Crippen molar-refractivity contribution in [3.8, 4) is 0 Å². The zero-order chi connectivity index (χ0) is 17.1. The number of carbonyl (C=O) groups is 1. The molecule has 1 unspecified atom stereocenters. The monoisotopic (exact) mass is 328 g/mol. The zero-order valence-corrected chi connectivity index (χ0v) is 14.2. The number of carbonyl (C=O) groups excluding carboxylic acids is 1. The molecule has 1 amide bonds. The number of rotatable bonds is 4. The first-order valence-corrected chi connectivity index (χ1v) is 8.29. The fraction of sp³-hybridized carbons (Fsp3) is 0.444. The molecule has 3 rings (SSSR count). The Morgan fingerprint density at radius 1 is 1.21 bits per heavy atom. The van der Waals surface area contributed by atoms with Gasteiger partial charge in [0.25, 0.3) is 0 Å². The Kier molecular flexibility index (Phi) is 4.97. The van der Waals surface area contributed by atoms with Crippen LogP contribution >= 0.6 is 0 Å². The topological polar surface area (TPSA) is 75.6 Å². The average molecular weight is 328 g/mol. The van der Waals surface area contributed by atoms with Crippen LogP contribution in [0.2, 0.25) is 0 Å². The molecule has 0 bridgehead atoms. The number of hydrogen-bond donors (Lipinski definition) is 1. The Labute approximate surface area is 142 Å². The molecule has 6 nitrogen and oxygen atoms in total. The Bertz CT molecular complexity index is 671. The summed E-state index contributed by atoms with van der Waals surface area (Å²) in [4.78, 5) is 21.1. The number of hydrogen-bond acceptors (Lipinski definition) is 5.